The van der Waals surface area contributed by atoms with Crippen molar-refractivity contribution in [3.05, 3.63) is 96.2 Å². The number of ether oxygens (including phenoxy) is 2. The lowest BCUT2D eigenvalue weighted by Gasteiger charge is -2.31. The van der Waals surface area contributed by atoms with E-state index < -0.39 is 72.7 Å². The number of unbranched alkanes of at least 4 members (excludes halogenated alkanes) is 1. The lowest BCUT2D eigenvalue weighted by molar-refractivity contribution is -0.145. The Kier molecular flexibility index (Phi) is 14.0. The third-order valence-corrected chi connectivity index (χ3v) is 14.6. The van der Waals surface area contributed by atoms with Gasteiger partial charge >= 0.3 is 19.5 Å². The molecule has 3 fully saturated rings. The van der Waals surface area contributed by atoms with Gasteiger partial charge in [0, 0.05) is 17.3 Å². The Balaban J connectivity index is 1.09. The van der Waals surface area contributed by atoms with Crippen molar-refractivity contribution in [2.24, 2.45) is 0 Å². The average molecular weight is 917 g/mol. The van der Waals surface area contributed by atoms with Gasteiger partial charge in [-0.05, 0) is 99.6 Å². The van der Waals surface area contributed by atoms with Crippen LogP contribution in [0, 0.1) is 0 Å². The number of para-hydroxylation sites is 1. The average Bonchev–Trinajstić information content (AvgIpc) is 3.62. The van der Waals surface area contributed by atoms with Crippen molar-refractivity contribution in [2.45, 2.75) is 94.8 Å². The molecule has 1 spiro atoms. The number of nitrogens with one attached hydrogen (secondary N) is 2. The van der Waals surface area contributed by atoms with Gasteiger partial charge in [-0.15, -0.1) is 17.9 Å². The van der Waals surface area contributed by atoms with E-state index in [4.69, 9.17) is 14.0 Å². The minimum Gasteiger partial charge on any atom is -0.495 e. The number of thiophene rings is 1. The third-order valence-electron chi connectivity index (χ3n) is 11.4. The van der Waals surface area contributed by atoms with Gasteiger partial charge in [0.05, 0.1) is 36.7 Å². The second-order valence-electron chi connectivity index (χ2n) is 15.9. The number of amides is 6. The van der Waals surface area contributed by atoms with Crippen LogP contribution in [0.5, 0.6) is 11.5 Å². The van der Waals surface area contributed by atoms with Gasteiger partial charge in [-0.1, -0.05) is 37.3 Å². The van der Waals surface area contributed by atoms with Gasteiger partial charge in [0.15, 0.2) is 0 Å². The van der Waals surface area contributed by atoms with E-state index in [0.717, 1.165) is 21.1 Å². The number of imide groups is 2. The number of methoxy groups -OCH3 is 1. The predicted molar refractivity (Wildman–Crippen MR) is 237 cm³/mol. The summed E-state index contributed by atoms with van der Waals surface area (Å²) in [5, 5.41) is 5.87. The minimum absolute atomic E-state index is 0.0326. The lowest BCUT2D eigenvalue weighted by Crippen LogP contribution is -2.56. The van der Waals surface area contributed by atoms with Crippen molar-refractivity contribution in [1.29, 1.82) is 0 Å². The summed E-state index contributed by atoms with van der Waals surface area (Å²) in [7, 11) is -3.08. The molecule has 2 unspecified atom stereocenters. The fourth-order valence-electron chi connectivity index (χ4n) is 7.94. The molecule has 338 valence electrons. The van der Waals surface area contributed by atoms with Crippen LogP contribution < -0.4 is 24.6 Å². The highest BCUT2D eigenvalue weighted by molar-refractivity contribution is 7.57. The number of allylic oxidation sites excluding steroid dienone is 1. The van der Waals surface area contributed by atoms with Gasteiger partial charge in [0.2, 0.25) is 11.8 Å². The number of esters is 1. The molecule has 5 atom stereocenters. The summed E-state index contributed by atoms with van der Waals surface area (Å²) in [5.74, 6) is -4.83. The number of rotatable bonds is 19. The zero-order valence-corrected chi connectivity index (χ0v) is 37.4. The lowest BCUT2D eigenvalue weighted by atomic mass is 10.1. The first-order chi connectivity index (χ1) is 30.7. The van der Waals surface area contributed by atoms with E-state index in [1.165, 1.54) is 67.7 Å². The molecular formula is C45H50FN6O10PS. The van der Waals surface area contributed by atoms with Crippen LogP contribution in [0.4, 0.5) is 14.9 Å². The van der Waals surface area contributed by atoms with Crippen LogP contribution in [0.3, 0.4) is 0 Å². The Morgan fingerprint density at radius 1 is 1.08 bits per heavy atom. The summed E-state index contributed by atoms with van der Waals surface area (Å²) in [6.07, 6.45) is 7.54. The standard InChI is InChI=1S/C45H50FN6O10PS/c1-5-7-9-15-34(40(54)50-21-12-16-35(50)41(55)52-44(58)51(43(57)45(52)19-20-45)31-25-33(60-4)27-47-26-31)48-39(53)37-24-30-23-29(17-18-36(30)64-37)38(46)63(59,62-32-13-10-8-11-14-32)49-28(3)42(56)61-22-6-2/h5,8,10-11,13-14,17-18,23-28,34-35,38H,1,6-7,9,12,15-16,19-22H2,2-4H3,(H,48,53)(H,49,59)/t28-,34?,35-,38+,63?/m0/s1. The van der Waals surface area contributed by atoms with E-state index in [9.17, 15) is 33.3 Å². The fraction of sp³-hybridized carbons (Fsp3) is 0.400. The topological polar surface area (TPSA) is 194 Å². The molecule has 19 heteroatoms. The van der Waals surface area contributed by atoms with Crippen LogP contribution >= 0.6 is 18.9 Å². The molecule has 6 amide bonds. The molecule has 1 aliphatic carbocycles. The van der Waals surface area contributed by atoms with Gasteiger partial charge in [-0.2, -0.15) is 0 Å². The fourth-order valence-corrected chi connectivity index (χ4v) is 10.8. The molecule has 1 saturated carbocycles. The van der Waals surface area contributed by atoms with Crippen molar-refractivity contribution in [3.63, 3.8) is 0 Å². The maximum atomic E-state index is 16.6. The molecule has 16 nitrogen and oxygen atoms in total. The van der Waals surface area contributed by atoms with E-state index in [-0.39, 0.29) is 60.7 Å². The smallest absolute Gasteiger partial charge is 0.355 e. The highest BCUT2D eigenvalue weighted by atomic mass is 32.1. The minimum atomic E-state index is -4.51. The molecular weight excluding hydrogens is 867 g/mol. The Labute approximate surface area is 373 Å². The summed E-state index contributed by atoms with van der Waals surface area (Å²) >= 11 is 1.10. The Morgan fingerprint density at radius 2 is 1.84 bits per heavy atom. The van der Waals surface area contributed by atoms with E-state index in [1.807, 2.05) is 6.92 Å². The number of hydrogen-bond donors (Lipinski definition) is 2. The molecule has 7 rings (SSSR count). The zero-order chi connectivity index (χ0) is 45.8. The second-order valence-corrected chi connectivity index (χ2v) is 19.1. The normalized spacial score (nSPS) is 18.9. The zero-order valence-electron chi connectivity index (χ0n) is 35.7. The Bertz CT molecular complexity index is 2500. The number of carbonyl (C=O) groups is 6. The van der Waals surface area contributed by atoms with Crippen molar-refractivity contribution < 1.29 is 51.7 Å². The van der Waals surface area contributed by atoms with Crippen LogP contribution in [0.2, 0.25) is 0 Å². The molecule has 2 saturated heterocycles. The maximum absolute atomic E-state index is 16.6. The number of carbonyl (C=O) groups excluding carboxylic acids is 6. The summed E-state index contributed by atoms with van der Waals surface area (Å²) in [6.45, 7) is 7.32. The van der Waals surface area contributed by atoms with Crippen LogP contribution in [0.1, 0.15) is 86.4 Å². The van der Waals surface area contributed by atoms with Crippen molar-refractivity contribution in [1.82, 2.24) is 25.2 Å². The quantitative estimate of drug-likeness (QED) is 0.0311. The van der Waals surface area contributed by atoms with Crippen LogP contribution in [0.15, 0.2) is 85.7 Å². The molecule has 4 aromatic rings. The van der Waals surface area contributed by atoms with E-state index in [1.54, 1.807) is 30.3 Å². The number of benzene rings is 2. The molecule has 4 heterocycles. The first-order valence-corrected chi connectivity index (χ1v) is 23.7. The summed E-state index contributed by atoms with van der Waals surface area (Å²) in [4.78, 5) is 90.6. The van der Waals surface area contributed by atoms with Crippen LogP contribution in [-0.2, 0) is 28.5 Å². The number of nitrogens with zero attached hydrogens (tertiary/aromatic N) is 4. The van der Waals surface area contributed by atoms with Crippen molar-refractivity contribution in [2.75, 3.05) is 25.2 Å². The number of halogens is 1. The highest BCUT2D eigenvalue weighted by Crippen LogP contribution is 2.58. The number of urea groups is 1. The molecule has 2 aliphatic heterocycles. The van der Waals surface area contributed by atoms with E-state index in [0.29, 0.717) is 41.5 Å². The summed E-state index contributed by atoms with van der Waals surface area (Å²) < 4.78 is 47.7. The molecule has 0 bridgehead atoms. The first-order valence-electron chi connectivity index (χ1n) is 21.2. The predicted octanol–water partition coefficient (Wildman–Crippen LogP) is 7.45. The van der Waals surface area contributed by atoms with Gasteiger partial charge < -0.3 is 24.2 Å². The van der Waals surface area contributed by atoms with Gasteiger partial charge in [-0.3, -0.25) is 33.5 Å². The van der Waals surface area contributed by atoms with Gasteiger partial charge in [0.1, 0.15) is 35.2 Å². The van der Waals surface area contributed by atoms with E-state index in [2.05, 4.69) is 22.0 Å². The number of fused-ring (bicyclic) bond motifs is 1. The second kappa shape index (κ2) is 19.4. The van der Waals surface area contributed by atoms with Crippen molar-refractivity contribution in [3.8, 4) is 11.5 Å². The Morgan fingerprint density at radius 3 is 2.55 bits per heavy atom. The summed E-state index contributed by atoms with van der Waals surface area (Å²) in [5.41, 5.74) is -1.22. The molecule has 2 aromatic heterocycles. The molecule has 3 aliphatic rings. The molecule has 2 aromatic carbocycles. The number of likely N-dealkylation sites (tertiary alicyclic amines) is 1. The van der Waals surface area contributed by atoms with Crippen molar-refractivity contribution >= 4 is 70.3 Å². The van der Waals surface area contributed by atoms with Crippen LogP contribution in [-0.4, -0.2) is 94.3 Å². The molecule has 2 N–H and O–H groups in total. The number of hydrogen-bond acceptors (Lipinski definition) is 12. The van der Waals surface area contributed by atoms with E-state index >= 15 is 4.39 Å². The number of alkyl halides is 1. The van der Waals surface area contributed by atoms with Gasteiger partial charge in [0.25, 0.3) is 17.7 Å². The van der Waals surface area contributed by atoms with Gasteiger partial charge in [-0.25, -0.2) is 24.1 Å². The first kappa shape index (κ1) is 46.0. The summed E-state index contributed by atoms with van der Waals surface area (Å²) in [6, 6.07) is 11.4. The number of pyridine rings is 1. The largest absolute Gasteiger partial charge is 0.495 e. The Hall–Kier alpha value is -5.97. The maximum Gasteiger partial charge on any atom is 0.355 e. The monoisotopic (exact) mass is 916 g/mol. The number of aromatic nitrogens is 1. The third kappa shape index (κ3) is 9.31. The molecule has 64 heavy (non-hydrogen) atoms. The number of anilines is 1. The highest BCUT2D eigenvalue weighted by Gasteiger charge is 2.68. The van der Waals surface area contributed by atoms with Crippen LogP contribution in [0.25, 0.3) is 10.1 Å². The molecule has 0 radical (unpaired) electrons. The SMILES string of the molecule is C=CCCCC(NC(=O)c1cc2cc([C@H](F)P(=O)(N[C@@H](C)C(=O)OCCC)Oc3ccccc3)ccc2s1)C(=O)N1CCC[C@H]1C(=O)N1C(=O)N(c2cncc(OC)c2)C(=O)C12CC2.